The lowest BCUT2D eigenvalue weighted by Crippen LogP contribution is -2.34. The summed E-state index contributed by atoms with van der Waals surface area (Å²) in [5.41, 5.74) is 0.394. The van der Waals surface area contributed by atoms with Crippen LogP contribution in [0, 0.1) is 0 Å². The van der Waals surface area contributed by atoms with Crippen LogP contribution in [-0.2, 0) is 0 Å². The number of hydrogen-bond acceptors (Lipinski definition) is 4. The minimum atomic E-state index is -0.198. The van der Waals surface area contributed by atoms with Gasteiger partial charge in [-0.1, -0.05) is 0 Å². The van der Waals surface area contributed by atoms with Crippen molar-refractivity contribution in [1.29, 1.82) is 0 Å². The van der Waals surface area contributed by atoms with Crippen LogP contribution in [0.3, 0.4) is 0 Å². The lowest BCUT2D eigenvalue weighted by Gasteiger charge is -2.22. The van der Waals surface area contributed by atoms with Crippen LogP contribution in [-0.4, -0.2) is 36.4 Å². The molecule has 0 aliphatic carbocycles. The summed E-state index contributed by atoms with van der Waals surface area (Å²) in [6, 6.07) is 7.19. The Hall–Kier alpha value is -1.66. The molecule has 2 aromatic rings. The van der Waals surface area contributed by atoms with Crippen LogP contribution in [0.2, 0.25) is 0 Å². The first-order chi connectivity index (χ1) is 9.58. The SMILES string of the molecule is CN(C)C(CNC(=O)c1ccc(Br)cn1)c1ccco1. The van der Waals surface area contributed by atoms with Crippen LogP contribution in [0.1, 0.15) is 22.3 Å². The Labute approximate surface area is 126 Å². The fraction of sp³-hybridized carbons (Fsp3) is 0.286. The highest BCUT2D eigenvalue weighted by Gasteiger charge is 2.18. The maximum absolute atomic E-state index is 12.0. The Kier molecular flexibility index (Phi) is 4.92. The summed E-state index contributed by atoms with van der Waals surface area (Å²) < 4.78 is 6.24. The van der Waals surface area contributed by atoms with E-state index in [9.17, 15) is 4.79 Å². The number of hydrogen-bond donors (Lipinski definition) is 1. The molecule has 0 radical (unpaired) electrons. The monoisotopic (exact) mass is 337 g/mol. The van der Waals surface area contributed by atoms with E-state index in [1.165, 1.54) is 0 Å². The summed E-state index contributed by atoms with van der Waals surface area (Å²) in [5, 5.41) is 2.87. The fourth-order valence-electron chi connectivity index (χ4n) is 1.81. The Bertz CT molecular complexity index is 552. The Morgan fingerprint density at radius 2 is 2.25 bits per heavy atom. The van der Waals surface area contributed by atoms with Crippen LogP contribution >= 0.6 is 15.9 Å². The first kappa shape index (κ1) is 14.7. The molecule has 1 N–H and O–H groups in total. The van der Waals surface area contributed by atoms with Crippen molar-refractivity contribution in [2.75, 3.05) is 20.6 Å². The van der Waals surface area contributed by atoms with Crippen molar-refractivity contribution in [1.82, 2.24) is 15.2 Å². The minimum Gasteiger partial charge on any atom is -0.468 e. The molecule has 0 spiro atoms. The molecule has 1 atom stereocenters. The van der Waals surface area contributed by atoms with Gasteiger partial charge >= 0.3 is 0 Å². The zero-order chi connectivity index (χ0) is 14.5. The van der Waals surface area contributed by atoms with Crippen LogP contribution in [0.15, 0.2) is 45.6 Å². The molecule has 0 fully saturated rings. The highest BCUT2D eigenvalue weighted by molar-refractivity contribution is 9.10. The number of likely N-dealkylation sites (N-methyl/N-ethyl adjacent to an activating group) is 1. The van der Waals surface area contributed by atoms with Crippen molar-refractivity contribution in [3.8, 4) is 0 Å². The van der Waals surface area contributed by atoms with E-state index in [0.29, 0.717) is 12.2 Å². The highest BCUT2D eigenvalue weighted by atomic mass is 79.9. The Morgan fingerprint density at radius 3 is 2.80 bits per heavy atom. The number of pyridine rings is 1. The standard InChI is InChI=1S/C14H16BrN3O2/c1-18(2)12(13-4-3-7-20-13)9-17-14(19)11-6-5-10(15)8-16-11/h3-8,12H,9H2,1-2H3,(H,17,19). The molecular formula is C14H16BrN3O2. The molecule has 106 valence electrons. The van der Waals surface area contributed by atoms with E-state index in [1.807, 2.05) is 31.1 Å². The van der Waals surface area contributed by atoms with E-state index >= 15 is 0 Å². The third-order valence-electron chi connectivity index (χ3n) is 2.91. The quantitative estimate of drug-likeness (QED) is 0.910. The zero-order valence-corrected chi connectivity index (χ0v) is 12.9. The number of carbonyl (C=O) groups is 1. The van der Waals surface area contributed by atoms with E-state index in [4.69, 9.17) is 4.42 Å². The third kappa shape index (κ3) is 3.68. The van der Waals surface area contributed by atoms with Gasteiger partial charge in [-0.2, -0.15) is 0 Å². The molecule has 1 amide bonds. The van der Waals surface area contributed by atoms with Gasteiger partial charge in [0.2, 0.25) is 0 Å². The number of amides is 1. The molecule has 1 unspecified atom stereocenters. The number of furan rings is 1. The number of rotatable bonds is 5. The van der Waals surface area contributed by atoms with Crippen molar-refractivity contribution in [3.05, 3.63) is 52.7 Å². The highest BCUT2D eigenvalue weighted by Crippen LogP contribution is 2.17. The third-order valence-corrected chi connectivity index (χ3v) is 3.38. The van der Waals surface area contributed by atoms with Crippen molar-refractivity contribution in [2.45, 2.75) is 6.04 Å². The number of nitrogens with zero attached hydrogens (tertiary/aromatic N) is 2. The molecular weight excluding hydrogens is 322 g/mol. The molecule has 5 nitrogen and oxygen atoms in total. The maximum atomic E-state index is 12.0. The fourth-order valence-corrected chi connectivity index (χ4v) is 2.04. The summed E-state index contributed by atoms with van der Waals surface area (Å²) >= 11 is 3.29. The van der Waals surface area contributed by atoms with Crippen molar-refractivity contribution < 1.29 is 9.21 Å². The minimum absolute atomic E-state index is 0.00982. The Morgan fingerprint density at radius 1 is 1.45 bits per heavy atom. The number of nitrogens with one attached hydrogen (secondary N) is 1. The van der Waals surface area contributed by atoms with Crippen LogP contribution < -0.4 is 5.32 Å². The molecule has 0 aliphatic heterocycles. The summed E-state index contributed by atoms with van der Waals surface area (Å²) in [4.78, 5) is 18.1. The van der Waals surface area contributed by atoms with E-state index in [-0.39, 0.29) is 11.9 Å². The smallest absolute Gasteiger partial charge is 0.269 e. The number of halogens is 1. The average molecular weight is 338 g/mol. The molecule has 6 heteroatoms. The maximum Gasteiger partial charge on any atom is 0.269 e. The van der Waals surface area contributed by atoms with Gasteiger partial charge in [0.25, 0.3) is 5.91 Å². The summed E-state index contributed by atoms with van der Waals surface area (Å²) in [5.74, 6) is 0.620. The van der Waals surface area contributed by atoms with Gasteiger partial charge < -0.3 is 9.73 Å². The molecule has 0 saturated heterocycles. The van der Waals surface area contributed by atoms with Gasteiger partial charge in [-0.25, -0.2) is 4.98 Å². The zero-order valence-electron chi connectivity index (χ0n) is 11.3. The average Bonchev–Trinajstić information content (AvgIpc) is 2.93. The van der Waals surface area contributed by atoms with Crippen molar-refractivity contribution in [3.63, 3.8) is 0 Å². The van der Waals surface area contributed by atoms with E-state index < -0.39 is 0 Å². The van der Waals surface area contributed by atoms with Crippen molar-refractivity contribution in [2.24, 2.45) is 0 Å². The molecule has 0 aliphatic rings. The van der Waals surface area contributed by atoms with E-state index in [1.54, 1.807) is 24.6 Å². The van der Waals surface area contributed by atoms with Gasteiger partial charge in [-0.15, -0.1) is 0 Å². The van der Waals surface area contributed by atoms with Gasteiger partial charge in [-0.3, -0.25) is 9.69 Å². The summed E-state index contributed by atoms with van der Waals surface area (Å²) in [7, 11) is 3.88. The molecule has 20 heavy (non-hydrogen) atoms. The lowest BCUT2D eigenvalue weighted by molar-refractivity contribution is 0.0934. The van der Waals surface area contributed by atoms with Gasteiger partial charge in [-0.05, 0) is 54.3 Å². The van der Waals surface area contributed by atoms with E-state index in [0.717, 1.165) is 10.2 Å². The second-order valence-electron chi connectivity index (χ2n) is 4.57. The second-order valence-corrected chi connectivity index (χ2v) is 5.48. The van der Waals surface area contributed by atoms with Crippen LogP contribution in [0.4, 0.5) is 0 Å². The molecule has 0 aromatic carbocycles. The number of carbonyl (C=O) groups excluding carboxylic acids is 1. The van der Waals surface area contributed by atoms with Gasteiger partial charge in [0.1, 0.15) is 11.5 Å². The first-order valence-corrected chi connectivity index (χ1v) is 6.97. The lowest BCUT2D eigenvalue weighted by atomic mass is 10.2. The number of aromatic nitrogens is 1. The van der Waals surface area contributed by atoms with E-state index in [2.05, 4.69) is 26.2 Å². The summed E-state index contributed by atoms with van der Waals surface area (Å²) in [6.45, 7) is 0.455. The topological polar surface area (TPSA) is 58.4 Å². The summed E-state index contributed by atoms with van der Waals surface area (Å²) in [6.07, 6.45) is 3.23. The molecule has 2 aromatic heterocycles. The van der Waals surface area contributed by atoms with Crippen molar-refractivity contribution >= 4 is 21.8 Å². The normalized spacial score (nSPS) is 12.4. The molecule has 2 rings (SSSR count). The largest absolute Gasteiger partial charge is 0.468 e. The first-order valence-electron chi connectivity index (χ1n) is 6.17. The van der Waals surface area contributed by atoms with Crippen LogP contribution in [0.25, 0.3) is 0 Å². The predicted octanol–water partition coefficient (Wildman–Crippen LogP) is 2.47. The molecule has 0 bridgehead atoms. The van der Waals surface area contributed by atoms with Crippen LogP contribution in [0.5, 0.6) is 0 Å². The van der Waals surface area contributed by atoms with Gasteiger partial charge in [0.05, 0.1) is 12.3 Å². The molecule has 0 saturated carbocycles. The van der Waals surface area contributed by atoms with Gasteiger partial charge in [0, 0.05) is 17.2 Å². The van der Waals surface area contributed by atoms with Gasteiger partial charge in [0.15, 0.2) is 0 Å². The Balaban J connectivity index is 1.99. The second kappa shape index (κ2) is 6.67. The molecule has 2 heterocycles. The predicted molar refractivity (Wildman–Crippen MR) is 79.4 cm³/mol.